The van der Waals surface area contributed by atoms with Gasteiger partial charge in [-0.15, -0.1) is 0 Å². The Kier molecular flexibility index (Phi) is 3.94. The zero-order chi connectivity index (χ0) is 15.0. The van der Waals surface area contributed by atoms with E-state index in [-0.39, 0.29) is 0 Å². The van der Waals surface area contributed by atoms with Crippen molar-refractivity contribution in [2.45, 2.75) is 18.7 Å². The van der Waals surface area contributed by atoms with Crippen molar-refractivity contribution < 1.29 is 13.2 Å². The molecule has 0 saturated carbocycles. The molecule has 0 amide bonds. The Labute approximate surface area is 126 Å². The normalized spacial score (nSPS) is 26.0. The van der Waals surface area contributed by atoms with E-state index in [2.05, 4.69) is 5.32 Å². The fourth-order valence-electron chi connectivity index (χ4n) is 3.26. The van der Waals surface area contributed by atoms with Gasteiger partial charge in [-0.25, -0.2) is 8.42 Å². The average Bonchev–Trinajstić information content (AvgIpc) is 3.02. The van der Waals surface area contributed by atoms with Crippen LogP contribution in [0.3, 0.4) is 0 Å². The summed E-state index contributed by atoms with van der Waals surface area (Å²) in [7, 11) is -3.38. The van der Waals surface area contributed by atoms with E-state index in [0.717, 1.165) is 24.4 Å². The molecule has 1 aromatic carbocycles. The van der Waals surface area contributed by atoms with Crippen LogP contribution in [-0.2, 0) is 10.0 Å². The predicted molar refractivity (Wildman–Crippen MR) is 81.0 cm³/mol. The van der Waals surface area contributed by atoms with Crippen LogP contribution < -0.4 is 10.1 Å². The third kappa shape index (κ3) is 2.67. The van der Waals surface area contributed by atoms with Gasteiger partial charge in [0, 0.05) is 13.1 Å². The molecule has 116 valence electrons. The average molecular weight is 310 g/mol. The molecule has 6 heteroatoms. The zero-order valence-electron chi connectivity index (χ0n) is 12.5. The molecule has 21 heavy (non-hydrogen) atoms. The Morgan fingerprint density at radius 1 is 1.29 bits per heavy atom. The van der Waals surface area contributed by atoms with Crippen molar-refractivity contribution >= 4 is 10.0 Å². The lowest BCUT2D eigenvalue weighted by atomic mass is 10.0. The first kappa shape index (κ1) is 14.8. The van der Waals surface area contributed by atoms with Crippen molar-refractivity contribution in [3.05, 3.63) is 23.8 Å². The van der Waals surface area contributed by atoms with Crippen molar-refractivity contribution in [3.63, 3.8) is 0 Å². The van der Waals surface area contributed by atoms with Gasteiger partial charge < -0.3 is 10.1 Å². The van der Waals surface area contributed by atoms with Crippen molar-refractivity contribution in [2.24, 2.45) is 11.8 Å². The lowest BCUT2D eigenvalue weighted by Gasteiger charge is -2.18. The highest BCUT2D eigenvalue weighted by Crippen LogP contribution is 2.32. The number of rotatable bonds is 4. The largest absolute Gasteiger partial charge is 0.494 e. The van der Waals surface area contributed by atoms with E-state index >= 15 is 0 Å². The second-order valence-corrected chi connectivity index (χ2v) is 7.80. The summed E-state index contributed by atoms with van der Waals surface area (Å²) in [4.78, 5) is 0.372. The maximum absolute atomic E-state index is 12.8. The van der Waals surface area contributed by atoms with Gasteiger partial charge in [0.05, 0.1) is 11.5 Å². The van der Waals surface area contributed by atoms with Crippen LogP contribution in [0.1, 0.15) is 12.5 Å². The van der Waals surface area contributed by atoms with Crippen LogP contribution in [0.2, 0.25) is 0 Å². The number of fused-ring (bicyclic) bond motifs is 1. The van der Waals surface area contributed by atoms with E-state index in [4.69, 9.17) is 4.74 Å². The lowest BCUT2D eigenvalue weighted by Crippen LogP contribution is -2.32. The molecular weight excluding hydrogens is 288 g/mol. The first-order chi connectivity index (χ1) is 10.0. The van der Waals surface area contributed by atoms with E-state index in [1.54, 1.807) is 22.5 Å². The molecule has 0 bridgehead atoms. The summed E-state index contributed by atoms with van der Waals surface area (Å²) in [5, 5.41) is 3.33. The summed E-state index contributed by atoms with van der Waals surface area (Å²) in [6.07, 6.45) is 0. The highest BCUT2D eigenvalue weighted by molar-refractivity contribution is 7.89. The Balaban J connectivity index is 1.83. The van der Waals surface area contributed by atoms with Crippen LogP contribution in [-0.4, -0.2) is 45.5 Å². The number of hydrogen-bond acceptors (Lipinski definition) is 4. The minimum absolute atomic E-state index is 0.372. The van der Waals surface area contributed by atoms with Crippen LogP contribution in [0, 0.1) is 18.8 Å². The Hall–Kier alpha value is -1.11. The standard InChI is InChI=1S/C15H22N2O3S/c1-3-20-15-5-4-14(6-11(15)2)21(18,19)17-9-12-7-16-8-13(12)10-17/h4-6,12-13,16H,3,7-10H2,1-2H3. The van der Waals surface area contributed by atoms with Gasteiger partial charge in [0.1, 0.15) is 5.75 Å². The number of hydrogen-bond donors (Lipinski definition) is 1. The quantitative estimate of drug-likeness (QED) is 0.909. The third-order valence-electron chi connectivity index (χ3n) is 4.44. The van der Waals surface area contributed by atoms with Gasteiger partial charge in [-0.1, -0.05) is 0 Å². The monoisotopic (exact) mass is 310 g/mol. The van der Waals surface area contributed by atoms with Gasteiger partial charge >= 0.3 is 0 Å². The number of nitrogens with one attached hydrogen (secondary N) is 1. The molecule has 0 aliphatic carbocycles. The van der Waals surface area contributed by atoms with Gasteiger partial charge in [-0.05, 0) is 62.5 Å². The minimum atomic E-state index is -3.38. The fraction of sp³-hybridized carbons (Fsp3) is 0.600. The maximum Gasteiger partial charge on any atom is 0.243 e. The second-order valence-electron chi connectivity index (χ2n) is 5.86. The summed E-state index contributed by atoms with van der Waals surface area (Å²) in [6, 6.07) is 5.12. The van der Waals surface area contributed by atoms with Crippen LogP contribution in [0.15, 0.2) is 23.1 Å². The predicted octanol–water partition coefficient (Wildman–Crippen LogP) is 1.23. The molecule has 0 aromatic heterocycles. The van der Waals surface area contributed by atoms with Crippen LogP contribution in [0.25, 0.3) is 0 Å². The van der Waals surface area contributed by atoms with Gasteiger partial charge in [0.25, 0.3) is 0 Å². The Morgan fingerprint density at radius 2 is 1.95 bits per heavy atom. The molecule has 2 atom stereocenters. The molecule has 2 heterocycles. The minimum Gasteiger partial charge on any atom is -0.494 e. The van der Waals surface area contributed by atoms with Crippen LogP contribution >= 0.6 is 0 Å². The highest BCUT2D eigenvalue weighted by atomic mass is 32.2. The smallest absolute Gasteiger partial charge is 0.243 e. The summed E-state index contributed by atoms with van der Waals surface area (Å²) >= 11 is 0. The second kappa shape index (κ2) is 5.59. The number of nitrogens with zero attached hydrogens (tertiary/aromatic N) is 1. The molecular formula is C15H22N2O3S. The molecule has 2 aliphatic heterocycles. The maximum atomic E-state index is 12.8. The van der Waals surface area contributed by atoms with Gasteiger partial charge in [0.2, 0.25) is 10.0 Å². The summed E-state index contributed by atoms with van der Waals surface area (Å²) in [5.41, 5.74) is 0.860. The van der Waals surface area contributed by atoms with E-state index in [0.29, 0.717) is 36.4 Å². The van der Waals surface area contributed by atoms with E-state index in [1.807, 2.05) is 13.8 Å². The van der Waals surface area contributed by atoms with Crippen LogP contribution in [0.5, 0.6) is 5.75 Å². The number of benzene rings is 1. The first-order valence-corrected chi connectivity index (χ1v) is 8.90. The molecule has 2 aliphatic rings. The molecule has 2 fully saturated rings. The summed E-state index contributed by atoms with van der Waals surface area (Å²) in [6.45, 7) is 7.50. The Bertz CT molecular complexity index is 618. The number of sulfonamides is 1. The molecule has 3 rings (SSSR count). The third-order valence-corrected chi connectivity index (χ3v) is 6.27. The van der Waals surface area contributed by atoms with E-state index in [1.165, 1.54) is 0 Å². The molecule has 1 N–H and O–H groups in total. The molecule has 2 saturated heterocycles. The highest BCUT2D eigenvalue weighted by Gasteiger charge is 2.41. The lowest BCUT2D eigenvalue weighted by molar-refractivity contribution is 0.337. The van der Waals surface area contributed by atoms with Crippen molar-refractivity contribution in [3.8, 4) is 5.75 Å². The van der Waals surface area contributed by atoms with Crippen molar-refractivity contribution in [1.29, 1.82) is 0 Å². The fourth-order valence-corrected chi connectivity index (χ4v) is 4.90. The van der Waals surface area contributed by atoms with E-state index < -0.39 is 10.0 Å². The number of aryl methyl sites for hydroxylation is 1. The number of ether oxygens (including phenoxy) is 1. The molecule has 0 spiro atoms. The molecule has 0 radical (unpaired) electrons. The summed E-state index contributed by atoms with van der Waals surface area (Å²) < 4.78 is 32.6. The van der Waals surface area contributed by atoms with Crippen molar-refractivity contribution in [1.82, 2.24) is 9.62 Å². The Morgan fingerprint density at radius 3 is 2.52 bits per heavy atom. The topological polar surface area (TPSA) is 58.6 Å². The van der Waals surface area contributed by atoms with Gasteiger partial charge in [-0.3, -0.25) is 0 Å². The molecule has 2 unspecified atom stereocenters. The van der Waals surface area contributed by atoms with Crippen LogP contribution in [0.4, 0.5) is 0 Å². The summed E-state index contributed by atoms with van der Waals surface area (Å²) in [5.74, 6) is 1.67. The van der Waals surface area contributed by atoms with Gasteiger partial charge in [0.15, 0.2) is 0 Å². The zero-order valence-corrected chi connectivity index (χ0v) is 13.3. The van der Waals surface area contributed by atoms with Crippen molar-refractivity contribution in [2.75, 3.05) is 32.8 Å². The van der Waals surface area contributed by atoms with Gasteiger partial charge in [-0.2, -0.15) is 4.31 Å². The molecule has 1 aromatic rings. The molecule has 5 nitrogen and oxygen atoms in total. The SMILES string of the molecule is CCOc1ccc(S(=O)(=O)N2CC3CNCC3C2)cc1C. The first-order valence-electron chi connectivity index (χ1n) is 7.46. The van der Waals surface area contributed by atoms with E-state index in [9.17, 15) is 8.42 Å².